The fourth-order valence-electron chi connectivity index (χ4n) is 2.51. The van der Waals surface area contributed by atoms with E-state index in [4.69, 9.17) is 0 Å². The highest BCUT2D eigenvalue weighted by Crippen LogP contribution is 2.15. The Morgan fingerprint density at radius 3 is 2.25 bits per heavy atom. The van der Waals surface area contributed by atoms with E-state index in [1.165, 1.54) is 0 Å². The van der Waals surface area contributed by atoms with Crippen molar-refractivity contribution in [3.8, 4) is 0 Å². The molecule has 2 nitrogen and oxygen atoms in total. The summed E-state index contributed by atoms with van der Waals surface area (Å²) in [6.45, 7) is 15.3. The summed E-state index contributed by atoms with van der Waals surface area (Å²) in [5, 5.41) is 0. The Bertz CT molecular complexity index is 396. The highest BCUT2D eigenvalue weighted by Gasteiger charge is 2.19. The van der Waals surface area contributed by atoms with Gasteiger partial charge in [0.25, 0.3) is 0 Å². The second-order valence-corrected chi connectivity index (χ2v) is 5.45. The van der Waals surface area contributed by atoms with Crippen LogP contribution in [0.4, 0.5) is 4.39 Å². The molecule has 0 amide bonds. The van der Waals surface area contributed by atoms with Gasteiger partial charge in [-0.25, -0.2) is 4.39 Å². The smallest absolute Gasteiger partial charge is 0.130 e. The van der Waals surface area contributed by atoms with Crippen LogP contribution in [-0.2, 0) is 6.54 Å². The molecule has 3 heteroatoms. The van der Waals surface area contributed by atoms with Gasteiger partial charge in [-0.3, -0.25) is 9.80 Å². The monoisotopic (exact) mass is 280 g/mol. The Morgan fingerprint density at radius 1 is 1.10 bits per heavy atom. The Balaban J connectivity index is 0.000000956. The molecule has 0 atom stereocenters. The fourth-order valence-corrected chi connectivity index (χ4v) is 2.51. The quantitative estimate of drug-likeness (QED) is 0.833. The molecule has 1 aromatic rings. The molecule has 1 fully saturated rings. The molecule has 0 spiro atoms. The van der Waals surface area contributed by atoms with Gasteiger partial charge < -0.3 is 0 Å². The van der Waals surface area contributed by atoms with Crippen molar-refractivity contribution in [2.24, 2.45) is 0 Å². The van der Waals surface area contributed by atoms with E-state index in [-0.39, 0.29) is 5.82 Å². The third kappa shape index (κ3) is 4.57. The maximum absolute atomic E-state index is 13.9. The van der Waals surface area contributed by atoms with Crippen LogP contribution in [-0.4, -0.2) is 42.0 Å². The number of aryl methyl sites for hydroxylation is 1. The molecular weight excluding hydrogens is 251 g/mol. The number of hydrogen-bond acceptors (Lipinski definition) is 2. The molecule has 1 aliphatic rings. The van der Waals surface area contributed by atoms with Crippen molar-refractivity contribution in [2.45, 2.75) is 47.2 Å². The number of hydrogen-bond donors (Lipinski definition) is 0. The first-order chi connectivity index (χ1) is 9.58. The third-order valence-corrected chi connectivity index (χ3v) is 3.80. The highest BCUT2D eigenvalue weighted by atomic mass is 19.1. The largest absolute Gasteiger partial charge is 0.298 e. The topological polar surface area (TPSA) is 6.48 Å². The van der Waals surface area contributed by atoms with Crippen molar-refractivity contribution in [3.63, 3.8) is 0 Å². The first-order valence-corrected chi connectivity index (χ1v) is 7.78. The standard InChI is InChI=1S/C15H23FN2.C2H6/c1-12(2)18-9-7-17(8-10-18)11-14-6-4-5-13(3)15(14)16;1-2/h4-6,12H,7-11H2,1-3H3;1-2H3. The molecule has 20 heavy (non-hydrogen) atoms. The number of benzene rings is 1. The normalized spacial score (nSPS) is 16.9. The van der Waals surface area contributed by atoms with E-state index in [2.05, 4.69) is 23.6 Å². The van der Waals surface area contributed by atoms with Gasteiger partial charge in [-0.05, 0) is 26.3 Å². The second kappa shape index (κ2) is 8.38. The van der Waals surface area contributed by atoms with Crippen LogP contribution in [0.1, 0.15) is 38.8 Å². The lowest BCUT2D eigenvalue weighted by atomic mass is 10.1. The zero-order valence-electron chi connectivity index (χ0n) is 13.6. The molecule has 0 saturated carbocycles. The summed E-state index contributed by atoms with van der Waals surface area (Å²) in [5.74, 6) is -0.0382. The molecule has 0 radical (unpaired) electrons. The zero-order chi connectivity index (χ0) is 15.1. The van der Waals surface area contributed by atoms with Gasteiger partial charge in [0.05, 0.1) is 0 Å². The maximum Gasteiger partial charge on any atom is 0.130 e. The maximum atomic E-state index is 13.9. The van der Waals surface area contributed by atoms with E-state index in [0.717, 1.165) is 43.9 Å². The van der Waals surface area contributed by atoms with Crippen LogP contribution < -0.4 is 0 Å². The number of nitrogens with zero attached hydrogens (tertiary/aromatic N) is 2. The molecule has 1 heterocycles. The van der Waals surface area contributed by atoms with Crippen molar-refractivity contribution in [3.05, 3.63) is 35.1 Å². The van der Waals surface area contributed by atoms with E-state index in [0.29, 0.717) is 6.04 Å². The average molecular weight is 280 g/mol. The summed E-state index contributed by atoms with van der Waals surface area (Å²) >= 11 is 0. The summed E-state index contributed by atoms with van der Waals surface area (Å²) in [6, 6.07) is 6.29. The minimum atomic E-state index is -0.0382. The van der Waals surface area contributed by atoms with Crippen LogP contribution in [0.25, 0.3) is 0 Å². The summed E-state index contributed by atoms with van der Waals surface area (Å²) < 4.78 is 13.9. The molecular formula is C17H29FN2. The Labute approximate surface area is 123 Å². The Morgan fingerprint density at radius 2 is 1.70 bits per heavy atom. The van der Waals surface area contributed by atoms with Crippen LogP contribution in [0.3, 0.4) is 0 Å². The average Bonchev–Trinajstić information content (AvgIpc) is 2.46. The number of piperazine rings is 1. The number of halogens is 1. The molecule has 0 unspecified atom stereocenters. The predicted octanol–water partition coefficient (Wildman–Crippen LogP) is 3.69. The molecule has 0 N–H and O–H groups in total. The van der Waals surface area contributed by atoms with Crippen molar-refractivity contribution in [1.29, 1.82) is 0 Å². The van der Waals surface area contributed by atoms with Gasteiger partial charge in [-0.15, -0.1) is 0 Å². The van der Waals surface area contributed by atoms with Crippen molar-refractivity contribution in [2.75, 3.05) is 26.2 Å². The van der Waals surface area contributed by atoms with Crippen LogP contribution >= 0.6 is 0 Å². The lowest BCUT2D eigenvalue weighted by Gasteiger charge is -2.37. The summed E-state index contributed by atoms with van der Waals surface area (Å²) in [4.78, 5) is 4.82. The third-order valence-electron chi connectivity index (χ3n) is 3.80. The molecule has 0 aromatic heterocycles. The summed E-state index contributed by atoms with van der Waals surface area (Å²) in [7, 11) is 0. The summed E-state index contributed by atoms with van der Waals surface area (Å²) in [6.07, 6.45) is 0. The second-order valence-electron chi connectivity index (χ2n) is 5.45. The molecule has 1 aromatic carbocycles. The molecule has 1 saturated heterocycles. The molecule has 0 aliphatic carbocycles. The Kier molecular flexibility index (Phi) is 7.17. The van der Waals surface area contributed by atoms with Crippen molar-refractivity contribution < 1.29 is 4.39 Å². The van der Waals surface area contributed by atoms with E-state index in [9.17, 15) is 4.39 Å². The summed E-state index contributed by atoms with van der Waals surface area (Å²) in [5.41, 5.74) is 1.57. The SMILES string of the molecule is CC.Cc1cccc(CN2CCN(C(C)C)CC2)c1F. The van der Waals surface area contributed by atoms with E-state index < -0.39 is 0 Å². The first-order valence-electron chi connectivity index (χ1n) is 7.78. The van der Waals surface area contributed by atoms with Crippen LogP contribution in [0.5, 0.6) is 0 Å². The fraction of sp³-hybridized carbons (Fsp3) is 0.647. The molecule has 114 valence electrons. The van der Waals surface area contributed by atoms with Gasteiger partial charge in [-0.2, -0.15) is 0 Å². The van der Waals surface area contributed by atoms with E-state index >= 15 is 0 Å². The van der Waals surface area contributed by atoms with Gasteiger partial charge in [0.15, 0.2) is 0 Å². The minimum absolute atomic E-state index is 0.0382. The lowest BCUT2D eigenvalue weighted by molar-refractivity contribution is 0.103. The van der Waals surface area contributed by atoms with Crippen LogP contribution in [0.2, 0.25) is 0 Å². The van der Waals surface area contributed by atoms with Crippen molar-refractivity contribution >= 4 is 0 Å². The highest BCUT2D eigenvalue weighted by molar-refractivity contribution is 5.24. The van der Waals surface area contributed by atoms with Crippen molar-refractivity contribution in [1.82, 2.24) is 9.80 Å². The van der Waals surface area contributed by atoms with Gasteiger partial charge in [0.1, 0.15) is 5.82 Å². The lowest BCUT2D eigenvalue weighted by Crippen LogP contribution is -2.48. The van der Waals surface area contributed by atoms with Gasteiger partial charge in [0.2, 0.25) is 0 Å². The Hall–Kier alpha value is -0.930. The van der Waals surface area contributed by atoms with Gasteiger partial charge in [0, 0.05) is 44.3 Å². The zero-order valence-corrected chi connectivity index (χ0v) is 13.6. The molecule has 1 aliphatic heterocycles. The van der Waals surface area contributed by atoms with Crippen LogP contribution in [0, 0.1) is 12.7 Å². The predicted molar refractivity (Wildman–Crippen MR) is 84.5 cm³/mol. The van der Waals surface area contributed by atoms with E-state index in [1.54, 1.807) is 0 Å². The van der Waals surface area contributed by atoms with E-state index in [1.807, 2.05) is 39.0 Å². The van der Waals surface area contributed by atoms with Gasteiger partial charge >= 0.3 is 0 Å². The first kappa shape index (κ1) is 17.1. The minimum Gasteiger partial charge on any atom is -0.298 e. The molecule has 0 bridgehead atoms. The molecule has 2 rings (SSSR count). The van der Waals surface area contributed by atoms with Crippen LogP contribution in [0.15, 0.2) is 18.2 Å². The van der Waals surface area contributed by atoms with Gasteiger partial charge in [-0.1, -0.05) is 32.0 Å². The number of rotatable bonds is 3.